The van der Waals surface area contributed by atoms with Crippen molar-refractivity contribution in [2.24, 2.45) is 16.6 Å². The predicted octanol–water partition coefficient (Wildman–Crippen LogP) is 1.98. The van der Waals surface area contributed by atoms with Crippen LogP contribution in [0, 0.1) is 5.92 Å². The smallest absolute Gasteiger partial charge is 0.191 e. The predicted molar refractivity (Wildman–Crippen MR) is 63.8 cm³/mol. The summed E-state index contributed by atoms with van der Waals surface area (Å²) in [4.78, 5) is 6.76. The number of rotatable bonds is 3. The second-order valence-electron chi connectivity index (χ2n) is 4.86. The van der Waals surface area contributed by atoms with Crippen LogP contribution in [0.5, 0.6) is 0 Å². The van der Waals surface area contributed by atoms with E-state index in [0.717, 1.165) is 25.0 Å². The van der Waals surface area contributed by atoms with E-state index in [1.165, 1.54) is 38.5 Å². The highest BCUT2D eigenvalue weighted by atomic mass is 15.3. The van der Waals surface area contributed by atoms with Gasteiger partial charge in [-0.2, -0.15) is 0 Å². The summed E-state index contributed by atoms with van der Waals surface area (Å²) in [5.41, 5.74) is 5.94. The maximum atomic E-state index is 5.94. The van der Waals surface area contributed by atoms with Crippen LogP contribution in [0.4, 0.5) is 0 Å². The number of hydrogen-bond acceptors (Lipinski definition) is 3. The molecular formula is C12H23N3. The first kappa shape index (κ1) is 10.8. The summed E-state index contributed by atoms with van der Waals surface area (Å²) in [6.07, 6.45) is 8.16. The van der Waals surface area contributed by atoms with Crippen LogP contribution in [0.3, 0.4) is 0 Å². The van der Waals surface area contributed by atoms with Gasteiger partial charge in [0.1, 0.15) is 0 Å². The zero-order valence-corrected chi connectivity index (χ0v) is 9.78. The number of aliphatic imine (C=N–C) groups is 1. The van der Waals surface area contributed by atoms with Gasteiger partial charge in [0.2, 0.25) is 0 Å². The number of nitrogens with zero attached hydrogens (tertiary/aromatic N) is 2. The van der Waals surface area contributed by atoms with E-state index >= 15 is 0 Å². The van der Waals surface area contributed by atoms with E-state index in [4.69, 9.17) is 5.73 Å². The Bertz CT molecular complexity index is 231. The van der Waals surface area contributed by atoms with Gasteiger partial charge in [-0.05, 0) is 25.2 Å². The molecule has 1 fully saturated rings. The number of guanidine groups is 1. The second-order valence-corrected chi connectivity index (χ2v) is 4.86. The zero-order valence-electron chi connectivity index (χ0n) is 9.78. The topological polar surface area (TPSA) is 41.6 Å². The summed E-state index contributed by atoms with van der Waals surface area (Å²) in [5, 5.41) is 0. The van der Waals surface area contributed by atoms with Gasteiger partial charge < -0.3 is 10.6 Å². The van der Waals surface area contributed by atoms with Crippen molar-refractivity contribution in [2.75, 3.05) is 13.1 Å². The molecule has 2 rings (SSSR count). The molecule has 86 valence electrons. The summed E-state index contributed by atoms with van der Waals surface area (Å²) in [7, 11) is 0. The first-order valence-corrected chi connectivity index (χ1v) is 6.39. The molecular weight excluding hydrogens is 186 g/mol. The normalized spacial score (nSPS) is 28.2. The lowest BCUT2D eigenvalue weighted by molar-refractivity contribution is 0.202. The monoisotopic (exact) mass is 209 g/mol. The van der Waals surface area contributed by atoms with Crippen molar-refractivity contribution in [1.82, 2.24) is 4.90 Å². The molecule has 1 aliphatic carbocycles. The van der Waals surface area contributed by atoms with Crippen LogP contribution < -0.4 is 5.73 Å². The fraction of sp³-hybridized carbons (Fsp3) is 0.917. The molecule has 0 saturated heterocycles. The molecule has 2 aliphatic rings. The molecule has 1 saturated carbocycles. The molecule has 0 spiro atoms. The maximum Gasteiger partial charge on any atom is 0.191 e. The minimum absolute atomic E-state index is 0.616. The van der Waals surface area contributed by atoms with E-state index in [0.29, 0.717) is 6.04 Å². The molecule has 2 N–H and O–H groups in total. The summed E-state index contributed by atoms with van der Waals surface area (Å²) in [6.45, 7) is 4.23. The van der Waals surface area contributed by atoms with Crippen LogP contribution in [0.1, 0.15) is 45.4 Å². The lowest BCUT2D eigenvalue weighted by Crippen LogP contribution is -2.45. The van der Waals surface area contributed by atoms with Crippen LogP contribution in [0.25, 0.3) is 0 Å². The van der Waals surface area contributed by atoms with E-state index in [-0.39, 0.29) is 0 Å². The van der Waals surface area contributed by atoms with Crippen LogP contribution in [0.15, 0.2) is 4.99 Å². The third-order valence-corrected chi connectivity index (χ3v) is 3.79. The summed E-state index contributed by atoms with van der Waals surface area (Å²) in [5.74, 6) is 1.63. The van der Waals surface area contributed by atoms with E-state index in [9.17, 15) is 0 Å². The summed E-state index contributed by atoms with van der Waals surface area (Å²) >= 11 is 0. The zero-order chi connectivity index (χ0) is 10.7. The quantitative estimate of drug-likeness (QED) is 0.772. The van der Waals surface area contributed by atoms with Gasteiger partial charge in [-0.25, -0.2) is 0 Å². The fourth-order valence-electron chi connectivity index (χ4n) is 2.99. The van der Waals surface area contributed by atoms with E-state index in [2.05, 4.69) is 16.8 Å². The Morgan fingerprint density at radius 1 is 1.33 bits per heavy atom. The van der Waals surface area contributed by atoms with Gasteiger partial charge in [0.25, 0.3) is 0 Å². The van der Waals surface area contributed by atoms with Gasteiger partial charge in [-0.3, -0.25) is 4.99 Å². The molecule has 0 aromatic rings. The van der Waals surface area contributed by atoms with Crippen molar-refractivity contribution in [1.29, 1.82) is 0 Å². The average Bonchev–Trinajstić information content (AvgIpc) is 2.63. The van der Waals surface area contributed by atoms with Gasteiger partial charge >= 0.3 is 0 Å². The molecule has 1 unspecified atom stereocenters. The minimum Gasteiger partial charge on any atom is -0.370 e. The molecule has 0 aromatic heterocycles. The van der Waals surface area contributed by atoms with Crippen LogP contribution in [-0.2, 0) is 0 Å². The van der Waals surface area contributed by atoms with Gasteiger partial charge in [-0.1, -0.05) is 26.2 Å². The Morgan fingerprint density at radius 2 is 2.07 bits per heavy atom. The average molecular weight is 209 g/mol. The Balaban J connectivity index is 1.96. The molecule has 0 bridgehead atoms. The lowest BCUT2D eigenvalue weighted by atomic mass is 9.83. The van der Waals surface area contributed by atoms with Crippen LogP contribution >= 0.6 is 0 Å². The third-order valence-electron chi connectivity index (χ3n) is 3.79. The Kier molecular flexibility index (Phi) is 3.49. The molecule has 15 heavy (non-hydrogen) atoms. The molecule has 3 nitrogen and oxygen atoms in total. The first-order chi connectivity index (χ1) is 7.33. The highest BCUT2D eigenvalue weighted by Crippen LogP contribution is 2.30. The van der Waals surface area contributed by atoms with Crippen molar-refractivity contribution >= 4 is 5.96 Å². The van der Waals surface area contributed by atoms with E-state index in [1.54, 1.807) is 0 Å². The number of nitrogens with two attached hydrogens (primary N) is 1. The highest BCUT2D eigenvalue weighted by molar-refractivity contribution is 5.80. The number of hydrogen-bond donors (Lipinski definition) is 1. The fourth-order valence-corrected chi connectivity index (χ4v) is 2.99. The summed E-state index contributed by atoms with van der Waals surface area (Å²) in [6, 6.07) is 0.616. The molecule has 0 radical (unpaired) electrons. The van der Waals surface area contributed by atoms with Gasteiger partial charge in [0.05, 0.1) is 12.6 Å². The van der Waals surface area contributed by atoms with Crippen molar-refractivity contribution in [2.45, 2.75) is 51.5 Å². The van der Waals surface area contributed by atoms with Crippen LogP contribution in [-0.4, -0.2) is 30.0 Å². The lowest BCUT2D eigenvalue weighted by Gasteiger charge is -2.34. The first-order valence-electron chi connectivity index (χ1n) is 6.39. The molecule has 3 heteroatoms. The summed E-state index contributed by atoms with van der Waals surface area (Å²) < 4.78 is 0. The van der Waals surface area contributed by atoms with Gasteiger partial charge in [-0.15, -0.1) is 0 Å². The molecule has 1 atom stereocenters. The van der Waals surface area contributed by atoms with Crippen molar-refractivity contribution < 1.29 is 0 Å². The standard InChI is InChI=1S/C12H23N3/c1-2-8-15-11(9-14-12(15)13)10-6-4-3-5-7-10/h10-11H,2-9H2,1H3,(H2,13,14). The largest absolute Gasteiger partial charge is 0.370 e. The molecule has 0 amide bonds. The van der Waals surface area contributed by atoms with Crippen LogP contribution in [0.2, 0.25) is 0 Å². The molecule has 1 heterocycles. The second kappa shape index (κ2) is 4.86. The van der Waals surface area contributed by atoms with E-state index < -0.39 is 0 Å². The Hall–Kier alpha value is -0.730. The molecule has 1 aliphatic heterocycles. The SMILES string of the molecule is CCCN1C(N)=NCC1C1CCCCC1. The Labute approximate surface area is 92.7 Å². The van der Waals surface area contributed by atoms with Crippen molar-refractivity contribution in [3.63, 3.8) is 0 Å². The molecule has 0 aromatic carbocycles. The van der Waals surface area contributed by atoms with Gasteiger partial charge in [0.15, 0.2) is 5.96 Å². The highest BCUT2D eigenvalue weighted by Gasteiger charge is 2.32. The third kappa shape index (κ3) is 2.27. The van der Waals surface area contributed by atoms with E-state index in [1.807, 2.05) is 0 Å². The van der Waals surface area contributed by atoms with Crippen molar-refractivity contribution in [3.8, 4) is 0 Å². The minimum atomic E-state index is 0.616. The Morgan fingerprint density at radius 3 is 2.73 bits per heavy atom. The van der Waals surface area contributed by atoms with Crippen molar-refractivity contribution in [3.05, 3.63) is 0 Å². The van der Waals surface area contributed by atoms with Gasteiger partial charge in [0, 0.05) is 6.54 Å². The maximum absolute atomic E-state index is 5.94.